The van der Waals surface area contributed by atoms with E-state index in [1.54, 1.807) is 0 Å². The fourth-order valence-corrected chi connectivity index (χ4v) is 2.76. The Labute approximate surface area is 111 Å². The largest absolute Gasteiger partial charge is 0.299 e. The minimum absolute atomic E-state index is 0.117. The molecule has 18 heavy (non-hydrogen) atoms. The van der Waals surface area contributed by atoms with Crippen LogP contribution < -0.4 is 0 Å². The second kappa shape index (κ2) is 4.09. The molecule has 0 spiro atoms. The maximum atomic E-state index is 4.91. The third-order valence-corrected chi connectivity index (χ3v) is 3.63. The van der Waals surface area contributed by atoms with Gasteiger partial charge in [-0.05, 0) is 12.5 Å². The van der Waals surface area contributed by atoms with Gasteiger partial charge in [0.2, 0.25) is 0 Å². The molecule has 0 amide bonds. The lowest BCUT2D eigenvalue weighted by molar-refractivity contribution is 0.256. The van der Waals surface area contributed by atoms with Crippen molar-refractivity contribution in [2.45, 2.75) is 65.5 Å². The summed E-state index contributed by atoms with van der Waals surface area (Å²) in [6.45, 7) is 16.8. The number of fused-ring (bicyclic) bond motifs is 1. The van der Waals surface area contributed by atoms with E-state index in [0.29, 0.717) is 0 Å². The van der Waals surface area contributed by atoms with Crippen LogP contribution in [-0.2, 0) is 23.9 Å². The zero-order chi connectivity index (χ0) is 13.7. The summed E-state index contributed by atoms with van der Waals surface area (Å²) in [6.07, 6.45) is 0. The molecule has 0 fully saturated rings. The molecule has 0 aliphatic carbocycles. The molecule has 0 aromatic carbocycles. The lowest BCUT2D eigenvalue weighted by atomic mass is 9.78. The summed E-state index contributed by atoms with van der Waals surface area (Å²) in [6, 6.07) is 0. The first-order valence-corrected chi connectivity index (χ1v) is 6.90. The van der Waals surface area contributed by atoms with Crippen molar-refractivity contribution in [2.24, 2.45) is 0 Å². The molecule has 3 heteroatoms. The van der Waals surface area contributed by atoms with Crippen LogP contribution in [-0.4, -0.2) is 28.3 Å². The Hall–Kier alpha value is -0.830. The SMILES string of the molecule is CN1CCn2nc(C(C)(C)C)c(C(C)(C)C)c2C1. The van der Waals surface area contributed by atoms with Crippen molar-refractivity contribution >= 4 is 0 Å². The second-order valence-electron chi connectivity index (χ2n) is 7.63. The maximum Gasteiger partial charge on any atom is 0.0718 e. The molecule has 0 N–H and O–H groups in total. The van der Waals surface area contributed by atoms with Crippen molar-refractivity contribution in [1.29, 1.82) is 0 Å². The quantitative estimate of drug-likeness (QED) is 0.705. The topological polar surface area (TPSA) is 21.1 Å². The van der Waals surface area contributed by atoms with Crippen LogP contribution in [0.2, 0.25) is 0 Å². The highest BCUT2D eigenvalue weighted by molar-refractivity contribution is 5.37. The van der Waals surface area contributed by atoms with Crippen LogP contribution in [0.15, 0.2) is 0 Å². The molecule has 2 rings (SSSR count). The van der Waals surface area contributed by atoms with Crippen LogP contribution in [0.25, 0.3) is 0 Å². The first kappa shape index (κ1) is 13.6. The molecular formula is C15H27N3. The monoisotopic (exact) mass is 249 g/mol. The van der Waals surface area contributed by atoms with E-state index in [1.165, 1.54) is 17.0 Å². The van der Waals surface area contributed by atoms with Gasteiger partial charge in [-0.25, -0.2) is 0 Å². The van der Waals surface area contributed by atoms with E-state index < -0.39 is 0 Å². The van der Waals surface area contributed by atoms with Gasteiger partial charge in [-0.1, -0.05) is 41.5 Å². The Morgan fingerprint density at radius 2 is 1.56 bits per heavy atom. The van der Waals surface area contributed by atoms with Crippen LogP contribution in [0.3, 0.4) is 0 Å². The summed E-state index contributed by atoms with van der Waals surface area (Å²) in [5, 5.41) is 4.91. The predicted molar refractivity (Wildman–Crippen MR) is 76.0 cm³/mol. The van der Waals surface area contributed by atoms with E-state index >= 15 is 0 Å². The van der Waals surface area contributed by atoms with Crippen molar-refractivity contribution in [3.63, 3.8) is 0 Å². The normalized spacial score (nSPS) is 17.9. The van der Waals surface area contributed by atoms with Gasteiger partial charge in [0, 0.05) is 24.1 Å². The Bertz CT molecular complexity index is 444. The molecule has 1 aliphatic heterocycles. The molecule has 1 aromatic heterocycles. The number of hydrogen-bond donors (Lipinski definition) is 0. The van der Waals surface area contributed by atoms with Gasteiger partial charge >= 0.3 is 0 Å². The Morgan fingerprint density at radius 1 is 0.944 bits per heavy atom. The van der Waals surface area contributed by atoms with Gasteiger partial charge < -0.3 is 0 Å². The van der Waals surface area contributed by atoms with E-state index in [-0.39, 0.29) is 10.8 Å². The number of aromatic nitrogens is 2. The maximum absolute atomic E-state index is 4.91. The summed E-state index contributed by atoms with van der Waals surface area (Å²) in [4.78, 5) is 2.39. The minimum Gasteiger partial charge on any atom is -0.299 e. The second-order valence-corrected chi connectivity index (χ2v) is 7.63. The molecule has 0 unspecified atom stereocenters. The van der Waals surface area contributed by atoms with Gasteiger partial charge in [-0.3, -0.25) is 9.58 Å². The minimum atomic E-state index is 0.117. The summed E-state index contributed by atoms with van der Waals surface area (Å²) >= 11 is 0. The van der Waals surface area contributed by atoms with Crippen molar-refractivity contribution in [3.05, 3.63) is 17.0 Å². The Morgan fingerprint density at radius 3 is 2.06 bits per heavy atom. The lowest BCUT2D eigenvalue weighted by Gasteiger charge is -2.29. The highest BCUT2D eigenvalue weighted by Crippen LogP contribution is 2.36. The highest BCUT2D eigenvalue weighted by Gasteiger charge is 2.34. The smallest absolute Gasteiger partial charge is 0.0718 e. The fourth-order valence-electron chi connectivity index (χ4n) is 2.76. The van der Waals surface area contributed by atoms with Crippen molar-refractivity contribution in [3.8, 4) is 0 Å². The van der Waals surface area contributed by atoms with Crippen LogP contribution in [0.1, 0.15) is 58.5 Å². The standard InChI is InChI=1S/C15H27N3/c1-14(2,3)12-11-10-17(7)8-9-18(11)16-13(12)15(4,5)6/h8-10H2,1-7H3. The zero-order valence-corrected chi connectivity index (χ0v) is 13.0. The first-order valence-electron chi connectivity index (χ1n) is 6.90. The molecule has 0 atom stereocenters. The van der Waals surface area contributed by atoms with Gasteiger partial charge in [0.1, 0.15) is 0 Å². The Kier molecular flexibility index (Phi) is 3.09. The third kappa shape index (κ3) is 2.33. The van der Waals surface area contributed by atoms with E-state index in [4.69, 9.17) is 5.10 Å². The molecule has 102 valence electrons. The van der Waals surface area contributed by atoms with Gasteiger partial charge in [-0.2, -0.15) is 5.10 Å². The molecule has 0 saturated heterocycles. The van der Waals surface area contributed by atoms with Gasteiger partial charge in [0.25, 0.3) is 0 Å². The molecule has 1 aromatic rings. The molecule has 2 heterocycles. The molecular weight excluding hydrogens is 222 g/mol. The predicted octanol–water partition coefficient (Wildman–Crippen LogP) is 2.92. The summed E-state index contributed by atoms with van der Waals surface area (Å²) in [7, 11) is 2.19. The fraction of sp³-hybridized carbons (Fsp3) is 0.800. The van der Waals surface area contributed by atoms with E-state index in [9.17, 15) is 0 Å². The van der Waals surface area contributed by atoms with E-state index in [0.717, 1.165) is 19.6 Å². The van der Waals surface area contributed by atoms with Crippen LogP contribution in [0.4, 0.5) is 0 Å². The Balaban J connectivity index is 2.63. The number of nitrogens with zero attached hydrogens (tertiary/aromatic N) is 3. The molecule has 0 bridgehead atoms. The van der Waals surface area contributed by atoms with Gasteiger partial charge in [0.05, 0.1) is 17.9 Å². The van der Waals surface area contributed by atoms with Crippen molar-refractivity contribution in [2.75, 3.05) is 13.6 Å². The third-order valence-electron chi connectivity index (χ3n) is 3.63. The number of rotatable bonds is 0. The van der Waals surface area contributed by atoms with Crippen LogP contribution in [0, 0.1) is 0 Å². The average Bonchev–Trinajstić information content (AvgIpc) is 2.54. The first-order chi connectivity index (χ1) is 8.10. The van der Waals surface area contributed by atoms with Crippen LogP contribution in [0.5, 0.6) is 0 Å². The van der Waals surface area contributed by atoms with Crippen LogP contribution >= 0.6 is 0 Å². The van der Waals surface area contributed by atoms with Crippen molar-refractivity contribution in [1.82, 2.24) is 14.7 Å². The highest BCUT2D eigenvalue weighted by atomic mass is 15.3. The lowest BCUT2D eigenvalue weighted by Crippen LogP contribution is -2.32. The zero-order valence-electron chi connectivity index (χ0n) is 13.0. The number of hydrogen-bond acceptors (Lipinski definition) is 2. The van der Waals surface area contributed by atoms with Gasteiger partial charge in [0.15, 0.2) is 0 Å². The van der Waals surface area contributed by atoms with Crippen molar-refractivity contribution < 1.29 is 0 Å². The summed E-state index contributed by atoms with van der Waals surface area (Å²) in [5.74, 6) is 0. The average molecular weight is 249 g/mol. The van der Waals surface area contributed by atoms with Gasteiger partial charge in [-0.15, -0.1) is 0 Å². The molecule has 0 saturated carbocycles. The summed E-state index contributed by atoms with van der Waals surface area (Å²) in [5.41, 5.74) is 4.43. The molecule has 3 nitrogen and oxygen atoms in total. The molecule has 1 aliphatic rings. The van der Waals surface area contributed by atoms with E-state index in [1.807, 2.05) is 0 Å². The summed E-state index contributed by atoms with van der Waals surface area (Å²) < 4.78 is 2.24. The molecule has 0 radical (unpaired) electrons. The number of likely N-dealkylation sites (N-methyl/N-ethyl adjacent to an activating group) is 1. The van der Waals surface area contributed by atoms with E-state index in [2.05, 4.69) is 58.2 Å².